The molecule has 0 saturated carbocycles. The van der Waals surface area contributed by atoms with Crippen molar-refractivity contribution in [2.75, 3.05) is 26.7 Å². The molecule has 2 rings (SSSR count). The fourth-order valence-corrected chi connectivity index (χ4v) is 2.54. The molecule has 1 aliphatic heterocycles. The van der Waals surface area contributed by atoms with Gasteiger partial charge in [-0.05, 0) is 50.0 Å². The monoisotopic (exact) mass is 246 g/mol. The lowest BCUT2D eigenvalue weighted by molar-refractivity contribution is 0.0787. The summed E-state index contributed by atoms with van der Waals surface area (Å²) < 4.78 is 0. The normalized spacial score (nSPS) is 19.2. The zero-order valence-electron chi connectivity index (χ0n) is 11.3. The van der Waals surface area contributed by atoms with Crippen molar-refractivity contribution in [3.63, 3.8) is 0 Å². The minimum atomic E-state index is 0.177. The fourth-order valence-electron chi connectivity index (χ4n) is 2.54. The molecule has 98 valence electrons. The molecule has 1 fully saturated rings. The topological polar surface area (TPSA) is 32.3 Å². The zero-order chi connectivity index (χ0) is 13.0. The molecule has 0 spiro atoms. The Morgan fingerprint density at radius 2 is 2.11 bits per heavy atom. The van der Waals surface area contributed by atoms with E-state index in [1.807, 2.05) is 36.2 Å². The van der Waals surface area contributed by atoms with E-state index in [0.717, 1.165) is 38.0 Å². The van der Waals surface area contributed by atoms with Crippen LogP contribution in [0.1, 0.15) is 29.3 Å². The number of likely N-dealkylation sites (tertiary alicyclic amines) is 1. The second-order valence-corrected chi connectivity index (χ2v) is 5.01. The zero-order valence-corrected chi connectivity index (χ0v) is 11.3. The van der Waals surface area contributed by atoms with Gasteiger partial charge in [0.2, 0.25) is 0 Å². The van der Waals surface area contributed by atoms with Crippen molar-refractivity contribution in [1.29, 1.82) is 0 Å². The van der Waals surface area contributed by atoms with Crippen LogP contribution >= 0.6 is 0 Å². The highest BCUT2D eigenvalue weighted by Crippen LogP contribution is 2.18. The maximum absolute atomic E-state index is 12.3. The minimum absolute atomic E-state index is 0.177. The van der Waals surface area contributed by atoms with Crippen molar-refractivity contribution in [2.45, 2.75) is 19.8 Å². The van der Waals surface area contributed by atoms with Crippen LogP contribution in [-0.2, 0) is 6.42 Å². The van der Waals surface area contributed by atoms with E-state index >= 15 is 0 Å². The van der Waals surface area contributed by atoms with Crippen molar-refractivity contribution in [1.82, 2.24) is 10.2 Å². The first-order valence-corrected chi connectivity index (χ1v) is 6.77. The third kappa shape index (κ3) is 2.91. The van der Waals surface area contributed by atoms with Crippen LogP contribution in [0.2, 0.25) is 0 Å². The first-order chi connectivity index (χ1) is 8.74. The van der Waals surface area contributed by atoms with Gasteiger partial charge < -0.3 is 10.2 Å². The van der Waals surface area contributed by atoms with Crippen LogP contribution in [0.4, 0.5) is 0 Å². The summed E-state index contributed by atoms with van der Waals surface area (Å²) >= 11 is 0. The minimum Gasteiger partial charge on any atom is -0.338 e. The van der Waals surface area contributed by atoms with Crippen LogP contribution in [0.5, 0.6) is 0 Å². The molecule has 1 saturated heterocycles. The summed E-state index contributed by atoms with van der Waals surface area (Å²) in [5, 5.41) is 3.19. The van der Waals surface area contributed by atoms with Gasteiger partial charge in [0.25, 0.3) is 5.91 Å². The highest BCUT2D eigenvalue weighted by molar-refractivity contribution is 5.94. The first kappa shape index (κ1) is 13.1. The van der Waals surface area contributed by atoms with Gasteiger partial charge in [0.05, 0.1) is 0 Å². The number of benzene rings is 1. The number of rotatable bonds is 4. The third-order valence-corrected chi connectivity index (χ3v) is 3.67. The van der Waals surface area contributed by atoms with Crippen LogP contribution in [0.25, 0.3) is 0 Å². The van der Waals surface area contributed by atoms with Gasteiger partial charge in [0, 0.05) is 18.7 Å². The predicted octanol–water partition coefficient (Wildman–Crippen LogP) is 1.93. The number of carbonyl (C=O) groups excluding carboxylic acids is 1. The number of carbonyl (C=O) groups is 1. The number of nitrogens with one attached hydrogen (secondary N) is 1. The summed E-state index contributed by atoms with van der Waals surface area (Å²) in [6.07, 6.45) is 2.13. The molecule has 1 aromatic carbocycles. The Kier molecular flexibility index (Phi) is 4.37. The van der Waals surface area contributed by atoms with Gasteiger partial charge >= 0.3 is 0 Å². The van der Waals surface area contributed by atoms with Crippen molar-refractivity contribution < 1.29 is 4.79 Å². The number of amides is 1. The lowest BCUT2D eigenvalue weighted by Crippen LogP contribution is -2.30. The van der Waals surface area contributed by atoms with Crippen molar-refractivity contribution in [3.05, 3.63) is 35.4 Å². The fraction of sp³-hybridized carbons (Fsp3) is 0.533. The maximum Gasteiger partial charge on any atom is 0.253 e. The molecule has 0 aromatic heterocycles. The van der Waals surface area contributed by atoms with Gasteiger partial charge in [0.15, 0.2) is 0 Å². The Labute approximate surface area is 109 Å². The lowest BCUT2D eigenvalue weighted by atomic mass is 10.1. The van der Waals surface area contributed by atoms with Crippen LogP contribution < -0.4 is 5.32 Å². The van der Waals surface area contributed by atoms with E-state index in [2.05, 4.69) is 12.2 Å². The van der Waals surface area contributed by atoms with Gasteiger partial charge in [-0.15, -0.1) is 0 Å². The Morgan fingerprint density at radius 3 is 2.72 bits per heavy atom. The highest BCUT2D eigenvalue weighted by Gasteiger charge is 2.26. The van der Waals surface area contributed by atoms with Crippen LogP contribution in [0, 0.1) is 5.92 Å². The predicted molar refractivity (Wildman–Crippen MR) is 73.8 cm³/mol. The van der Waals surface area contributed by atoms with Crippen molar-refractivity contribution in [3.8, 4) is 0 Å². The molecule has 1 atom stereocenters. The van der Waals surface area contributed by atoms with Gasteiger partial charge in [-0.1, -0.05) is 19.1 Å². The largest absolute Gasteiger partial charge is 0.338 e. The third-order valence-electron chi connectivity index (χ3n) is 3.67. The summed E-state index contributed by atoms with van der Waals surface area (Å²) in [4.78, 5) is 14.3. The number of hydrogen-bond donors (Lipinski definition) is 1. The van der Waals surface area contributed by atoms with Gasteiger partial charge in [-0.3, -0.25) is 4.79 Å². The molecule has 0 radical (unpaired) electrons. The molecule has 3 heteroatoms. The average molecular weight is 246 g/mol. The van der Waals surface area contributed by atoms with Crippen molar-refractivity contribution >= 4 is 5.91 Å². The van der Waals surface area contributed by atoms with E-state index in [4.69, 9.17) is 0 Å². The molecule has 1 aliphatic rings. The molecular formula is C15H22N2O. The maximum atomic E-state index is 12.3. The molecule has 18 heavy (non-hydrogen) atoms. The first-order valence-electron chi connectivity index (χ1n) is 6.77. The summed E-state index contributed by atoms with van der Waals surface area (Å²) in [5.41, 5.74) is 2.10. The second kappa shape index (κ2) is 6.01. The average Bonchev–Trinajstić information content (AvgIpc) is 2.87. The molecule has 1 amide bonds. The molecule has 0 unspecified atom stereocenters. The molecule has 0 aliphatic carbocycles. The molecule has 1 aromatic rings. The Hall–Kier alpha value is -1.35. The van der Waals surface area contributed by atoms with Gasteiger partial charge in [-0.25, -0.2) is 0 Å². The molecule has 1 heterocycles. The van der Waals surface area contributed by atoms with E-state index in [9.17, 15) is 4.79 Å². The van der Waals surface area contributed by atoms with Crippen molar-refractivity contribution in [2.24, 2.45) is 5.92 Å². The molecular weight excluding hydrogens is 224 g/mol. The highest BCUT2D eigenvalue weighted by atomic mass is 16.2. The van der Waals surface area contributed by atoms with Crippen LogP contribution in [-0.4, -0.2) is 37.5 Å². The number of hydrogen-bond acceptors (Lipinski definition) is 2. The van der Waals surface area contributed by atoms with E-state index in [0.29, 0.717) is 5.92 Å². The molecule has 0 bridgehead atoms. The van der Waals surface area contributed by atoms with Gasteiger partial charge in [0.1, 0.15) is 0 Å². The van der Waals surface area contributed by atoms with E-state index in [1.54, 1.807) is 0 Å². The Balaban J connectivity index is 1.98. The number of nitrogens with zero attached hydrogens (tertiary/aromatic N) is 1. The second-order valence-electron chi connectivity index (χ2n) is 5.01. The summed E-state index contributed by atoms with van der Waals surface area (Å²) in [7, 11) is 1.97. The van der Waals surface area contributed by atoms with E-state index < -0.39 is 0 Å². The van der Waals surface area contributed by atoms with E-state index in [1.165, 1.54) is 5.56 Å². The van der Waals surface area contributed by atoms with Crippen LogP contribution in [0.3, 0.4) is 0 Å². The molecule has 1 N–H and O–H groups in total. The Morgan fingerprint density at radius 1 is 1.39 bits per heavy atom. The van der Waals surface area contributed by atoms with Crippen LogP contribution in [0.15, 0.2) is 24.3 Å². The SMILES string of the molecule is CCc1ccc(C(=O)N2CC[C@H](CNC)C2)cc1. The summed E-state index contributed by atoms with van der Waals surface area (Å²) in [5.74, 6) is 0.783. The van der Waals surface area contributed by atoms with E-state index in [-0.39, 0.29) is 5.91 Å². The summed E-state index contributed by atoms with van der Waals surface area (Å²) in [6, 6.07) is 8.00. The van der Waals surface area contributed by atoms with Gasteiger partial charge in [-0.2, -0.15) is 0 Å². The Bertz CT molecular complexity index is 399. The number of aryl methyl sites for hydroxylation is 1. The lowest BCUT2D eigenvalue weighted by Gasteiger charge is -2.16. The standard InChI is InChI=1S/C15H22N2O/c1-3-12-4-6-14(7-5-12)15(18)17-9-8-13(11-17)10-16-2/h4-7,13,16H,3,8-11H2,1-2H3/t13-/m1/s1. The smallest absolute Gasteiger partial charge is 0.253 e. The molecule has 3 nitrogen and oxygen atoms in total. The quantitative estimate of drug-likeness (QED) is 0.880. The summed E-state index contributed by atoms with van der Waals surface area (Å²) in [6.45, 7) is 4.90.